The molecular weight excluding hydrogens is 214 g/mol. The molecule has 0 saturated heterocycles. The van der Waals surface area contributed by atoms with Crippen LogP contribution in [0.2, 0.25) is 0 Å². The van der Waals surface area contributed by atoms with Crippen LogP contribution in [-0.4, -0.2) is 23.9 Å². The molecule has 96 valence electrons. The first kappa shape index (κ1) is 14.0. The lowest BCUT2D eigenvalue weighted by Gasteiger charge is -2.24. The standard InChI is InChI=1S/C14H23NO2/c1-4-9-17-13-8-6-5-7-12(13)10-15-14(2,3)11-16/h5-8,15-16H,4,9-11H2,1-3H3. The van der Waals surface area contributed by atoms with E-state index in [0.717, 1.165) is 24.3 Å². The maximum Gasteiger partial charge on any atom is 0.123 e. The second-order valence-electron chi connectivity index (χ2n) is 4.85. The molecule has 0 atom stereocenters. The minimum absolute atomic E-state index is 0.116. The van der Waals surface area contributed by atoms with Gasteiger partial charge in [-0.25, -0.2) is 0 Å². The van der Waals surface area contributed by atoms with Crippen molar-refractivity contribution < 1.29 is 9.84 Å². The number of hydrogen-bond donors (Lipinski definition) is 2. The zero-order valence-electron chi connectivity index (χ0n) is 11.0. The lowest BCUT2D eigenvalue weighted by atomic mass is 10.1. The zero-order valence-corrected chi connectivity index (χ0v) is 11.0. The molecule has 3 heteroatoms. The Hall–Kier alpha value is -1.06. The molecule has 2 N–H and O–H groups in total. The molecule has 0 spiro atoms. The second kappa shape index (κ2) is 6.62. The summed E-state index contributed by atoms with van der Waals surface area (Å²) in [5, 5.41) is 12.5. The molecule has 17 heavy (non-hydrogen) atoms. The Bertz CT molecular complexity index is 337. The Balaban J connectivity index is 2.63. The summed E-state index contributed by atoms with van der Waals surface area (Å²) in [5.41, 5.74) is 0.861. The van der Waals surface area contributed by atoms with Gasteiger partial charge in [0.1, 0.15) is 5.75 Å². The zero-order chi connectivity index (χ0) is 12.7. The van der Waals surface area contributed by atoms with Crippen LogP contribution in [0.5, 0.6) is 5.75 Å². The minimum Gasteiger partial charge on any atom is -0.493 e. The predicted octanol–water partition coefficient (Wildman–Crippen LogP) is 2.34. The predicted molar refractivity (Wildman–Crippen MR) is 70.2 cm³/mol. The Kier molecular flexibility index (Phi) is 5.45. The maximum absolute atomic E-state index is 9.19. The van der Waals surface area contributed by atoms with E-state index in [9.17, 15) is 5.11 Å². The van der Waals surface area contributed by atoms with E-state index >= 15 is 0 Å². The first-order valence-electron chi connectivity index (χ1n) is 6.15. The van der Waals surface area contributed by atoms with Crippen LogP contribution in [0.15, 0.2) is 24.3 Å². The van der Waals surface area contributed by atoms with Gasteiger partial charge in [-0.15, -0.1) is 0 Å². The molecule has 0 saturated carbocycles. The van der Waals surface area contributed by atoms with Gasteiger partial charge in [-0.1, -0.05) is 25.1 Å². The molecule has 1 aromatic rings. The topological polar surface area (TPSA) is 41.5 Å². The normalized spacial score (nSPS) is 11.5. The number of benzene rings is 1. The number of rotatable bonds is 7. The monoisotopic (exact) mass is 237 g/mol. The molecule has 3 nitrogen and oxygen atoms in total. The first-order valence-corrected chi connectivity index (χ1v) is 6.15. The molecule has 1 aromatic carbocycles. The van der Waals surface area contributed by atoms with Crippen LogP contribution < -0.4 is 10.1 Å². The largest absolute Gasteiger partial charge is 0.493 e. The fraction of sp³-hybridized carbons (Fsp3) is 0.571. The molecule has 0 radical (unpaired) electrons. The highest BCUT2D eigenvalue weighted by Crippen LogP contribution is 2.18. The van der Waals surface area contributed by atoms with Crippen molar-refractivity contribution in [2.24, 2.45) is 0 Å². The summed E-state index contributed by atoms with van der Waals surface area (Å²) in [6.07, 6.45) is 1.00. The smallest absolute Gasteiger partial charge is 0.123 e. The number of ether oxygens (including phenoxy) is 1. The summed E-state index contributed by atoms with van der Waals surface area (Å²) in [6, 6.07) is 8.01. The van der Waals surface area contributed by atoms with E-state index in [4.69, 9.17) is 4.74 Å². The summed E-state index contributed by atoms with van der Waals surface area (Å²) < 4.78 is 5.68. The van der Waals surface area contributed by atoms with Gasteiger partial charge in [0.05, 0.1) is 13.2 Å². The molecule has 0 unspecified atom stereocenters. The van der Waals surface area contributed by atoms with Crippen molar-refractivity contribution in [2.45, 2.75) is 39.3 Å². The van der Waals surface area contributed by atoms with Crippen molar-refractivity contribution in [1.82, 2.24) is 5.32 Å². The van der Waals surface area contributed by atoms with E-state index in [2.05, 4.69) is 12.2 Å². The van der Waals surface area contributed by atoms with Crippen molar-refractivity contribution in [3.8, 4) is 5.75 Å². The lowest BCUT2D eigenvalue weighted by molar-refractivity contribution is 0.186. The van der Waals surface area contributed by atoms with Crippen LogP contribution in [0.25, 0.3) is 0 Å². The number of nitrogens with one attached hydrogen (secondary N) is 1. The van der Waals surface area contributed by atoms with E-state index in [1.54, 1.807) is 0 Å². The summed E-state index contributed by atoms with van der Waals surface area (Å²) in [7, 11) is 0. The summed E-state index contributed by atoms with van der Waals surface area (Å²) in [6.45, 7) is 7.60. The van der Waals surface area contributed by atoms with Crippen LogP contribution in [0, 0.1) is 0 Å². The van der Waals surface area contributed by atoms with Crippen molar-refractivity contribution in [3.63, 3.8) is 0 Å². The lowest BCUT2D eigenvalue weighted by Crippen LogP contribution is -2.42. The van der Waals surface area contributed by atoms with Gasteiger partial charge in [-0.2, -0.15) is 0 Å². The highest BCUT2D eigenvalue weighted by Gasteiger charge is 2.15. The first-order chi connectivity index (χ1) is 8.09. The van der Waals surface area contributed by atoms with Gasteiger partial charge in [-0.3, -0.25) is 0 Å². The number of aliphatic hydroxyl groups is 1. The molecule has 0 bridgehead atoms. The van der Waals surface area contributed by atoms with E-state index in [0.29, 0.717) is 6.54 Å². The highest BCUT2D eigenvalue weighted by atomic mass is 16.5. The van der Waals surface area contributed by atoms with E-state index < -0.39 is 0 Å². The van der Waals surface area contributed by atoms with Gasteiger partial charge in [0.15, 0.2) is 0 Å². The van der Waals surface area contributed by atoms with Gasteiger partial charge in [0.2, 0.25) is 0 Å². The average molecular weight is 237 g/mol. The fourth-order valence-corrected chi connectivity index (χ4v) is 1.39. The van der Waals surface area contributed by atoms with Gasteiger partial charge in [-0.05, 0) is 26.3 Å². The second-order valence-corrected chi connectivity index (χ2v) is 4.85. The van der Waals surface area contributed by atoms with Gasteiger partial charge < -0.3 is 15.2 Å². The molecule has 0 aliphatic heterocycles. The van der Waals surface area contributed by atoms with Crippen molar-refractivity contribution >= 4 is 0 Å². The summed E-state index contributed by atoms with van der Waals surface area (Å²) in [4.78, 5) is 0. The van der Waals surface area contributed by atoms with Crippen LogP contribution in [-0.2, 0) is 6.54 Å². The van der Waals surface area contributed by atoms with Gasteiger partial charge >= 0.3 is 0 Å². The minimum atomic E-state index is -0.266. The number of aliphatic hydroxyl groups excluding tert-OH is 1. The quantitative estimate of drug-likeness (QED) is 0.765. The molecule has 0 aromatic heterocycles. The summed E-state index contributed by atoms with van der Waals surface area (Å²) >= 11 is 0. The van der Waals surface area contributed by atoms with E-state index in [-0.39, 0.29) is 12.1 Å². The average Bonchev–Trinajstić information content (AvgIpc) is 2.35. The van der Waals surface area contributed by atoms with Crippen LogP contribution >= 0.6 is 0 Å². The van der Waals surface area contributed by atoms with Gasteiger partial charge in [0, 0.05) is 17.6 Å². The van der Waals surface area contributed by atoms with E-state index in [1.165, 1.54) is 0 Å². The fourth-order valence-electron chi connectivity index (χ4n) is 1.39. The Morgan fingerprint density at radius 3 is 2.65 bits per heavy atom. The molecule has 1 rings (SSSR count). The van der Waals surface area contributed by atoms with E-state index in [1.807, 2.05) is 38.1 Å². The maximum atomic E-state index is 9.19. The molecule has 0 fully saturated rings. The van der Waals surface area contributed by atoms with Gasteiger partial charge in [0.25, 0.3) is 0 Å². The number of hydrogen-bond acceptors (Lipinski definition) is 3. The third-order valence-corrected chi connectivity index (χ3v) is 2.59. The van der Waals surface area contributed by atoms with Crippen molar-refractivity contribution in [1.29, 1.82) is 0 Å². The highest BCUT2D eigenvalue weighted by molar-refractivity contribution is 5.33. The molecule has 0 heterocycles. The molecular formula is C14H23NO2. The SMILES string of the molecule is CCCOc1ccccc1CNC(C)(C)CO. The third kappa shape index (κ3) is 4.75. The number of para-hydroxylation sites is 1. The Labute approximate surface area is 104 Å². The third-order valence-electron chi connectivity index (χ3n) is 2.59. The summed E-state index contributed by atoms with van der Waals surface area (Å²) in [5.74, 6) is 0.926. The molecule has 0 aliphatic rings. The Morgan fingerprint density at radius 1 is 1.29 bits per heavy atom. The van der Waals surface area contributed by atoms with Crippen LogP contribution in [0.3, 0.4) is 0 Å². The van der Waals surface area contributed by atoms with Crippen molar-refractivity contribution in [2.75, 3.05) is 13.2 Å². The molecule has 0 aliphatic carbocycles. The van der Waals surface area contributed by atoms with Crippen LogP contribution in [0.1, 0.15) is 32.8 Å². The molecule has 0 amide bonds. The van der Waals surface area contributed by atoms with Crippen molar-refractivity contribution in [3.05, 3.63) is 29.8 Å². The van der Waals surface area contributed by atoms with Crippen LogP contribution in [0.4, 0.5) is 0 Å². The Morgan fingerprint density at radius 2 is 2.00 bits per heavy atom.